The number of phosphoric ester groups is 1. The number of quaternary nitrogens is 1. The monoisotopic (exact) mass is 1420 g/mol. The predicted molar refractivity (Wildman–Crippen MR) is 432 cm³/mol. The Morgan fingerprint density at radius 2 is 0.515 bits per heavy atom. The summed E-state index contributed by atoms with van der Waals surface area (Å²) in [7, 11) is 1.51. The number of unbranched alkanes of at least 4 members (excludes halogenated alkanes) is 70. The fourth-order valence-corrected chi connectivity index (χ4v) is 14.9. The van der Waals surface area contributed by atoms with Gasteiger partial charge in [0.05, 0.1) is 27.7 Å². The Hall–Kier alpha value is -1.25. The summed E-state index contributed by atoms with van der Waals surface area (Å²) in [4.78, 5) is 36.1. The van der Waals surface area contributed by atoms with Gasteiger partial charge in [-0.05, 0) is 38.5 Å². The smallest absolute Gasteiger partial charge is 0.462 e. The van der Waals surface area contributed by atoms with Crippen LogP contribution in [0.1, 0.15) is 495 Å². The van der Waals surface area contributed by atoms with Crippen molar-refractivity contribution in [2.24, 2.45) is 0 Å². The van der Waals surface area contributed by atoms with Crippen LogP contribution in [-0.4, -0.2) is 74.9 Å². The molecule has 0 aliphatic carbocycles. The number of hydrogen-bond acceptors (Lipinski definition) is 7. The molecular weight excluding hydrogens is 1240 g/mol. The molecule has 0 spiro atoms. The van der Waals surface area contributed by atoms with Gasteiger partial charge in [0.15, 0.2) is 6.10 Å². The third-order valence-corrected chi connectivity index (χ3v) is 22.0. The zero-order chi connectivity index (χ0) is 71.8. The van der Waals surface area contributed by atoms with Crippen LogP contribution in [0, 0.1) is 0 Å². The van der Waals surface area contributed by atoms with Gasteiger partial charge in [-0.1, -0.05) is 456 Å². The molecule has 0 saturated heterocycles. The van der Waals surface area contributed by atoms with Gasteiger partial charge in [-0.3, -0.25) is 18.6 Å². The van der Waals surface area contributed by atoms with E-state index in [-0.39, 0.29) is 25.6 Å². The number of carbonyl (C=O) groups is 2. The highest BCUT2D eigenvalue weighted by atomic mass is 31.2. The quantitative estimate of drug-likeness (QED) is 0.0211. The van der Waals surface area contributed by atoms with Gasteiger partial charge in [-0.2, -0.15) is 0 Å². The second kappa shape index (κ2) is 80.8. The van der Waals surface area contributed by atoms with Crippen LogP contribution in [-0.2, 0) is 32.7 Å². The lowest BCUT2D eigenvalue weighted by Crippen LogP contribution is -2.37. The van der Waals surface area contributed by atoms with Crippen LogP contribution >= 0.6 is 7.82 Å². The average molecular weight is 1420 g/mol. The lowest BCUT2D eigenvalue weighted by atomic mass is 10.0. The van der Waals surface area contributed by atoms with Crippen LogP contribution in [0.5, 0.6) is 0 Å². The van der Waals surface area contributed by atoms with Crippen molar-refractivity contribution in [3.8, 4) is 0 Å². The van der Waals surface area contributed by atoms with E-state index in [1.54, 1.807) is 0 Å². The normalized spacial score (nSPS) is 12.9. The fraction of sp³-hybridized carbons (Fsp3) is 0.955. The Bertz CT molecular complexity index is 1670. The molecule has 0 fully saturated rings. The van der Waals surface area contributed by atoms with Gasteiger partial charge >= 0.3 is 19.8 Å². The zero-order valence-electron chi connectivity index (χ0n) is 67.8. The number of ether oxygens (including phenoxy) is 2. The van der Waals surface area contributed by atoms with Crippen molar-refractivity contribution in [3.05, 3.63) is 12.2 Å². The zero-order valence-corrected chi connectivity index (χ0v) is 68.7. The van der Waals surface area contributed by atoms with Crippen molar-refractivity contribution in [1.29, 1.82) is 0 Å². The topological polar surface area (TPSA) is 108 Å². The standard InChI is InChI=1S/C89H176NO8P/c1-6-8-10-12-14-16-18-20-22-24-26-28-30-32-34-36-38-40-42-43-44-45-46-47-48-50-52-54-56-58-60-62-64-66-68-70-72-74-76-78-80-82-89(92)98-87(86-97-99(93,94)96-84-83-90(3,4)5)85-95-88(91)81-79-77-75-73-71-69-67-65-63-61-59-57-55-53-51-49-41-39-37-35-33-31-29-27-25-23-21-19-17-15-13-11-9-7-2/h24,26,87H,6-23,25,27-86H2,1-5H3/p+1/b26-24-. The molecule has 0 amide bonds. The minimum absolute atomic E-state index is 0.0374. The molecule has 0 aromatic heterocycles. The Balaban J connectivity index is 3.82. The van der Waals surface area contributed by atoms with E-state index in [2.05, 4.69) is 26.0 Å². The average Bonchev–Trinajstić information content (AvgIpc) is 0.987. The third kappa shape index (κ3) is 85.6. The van der Waals surface area contributed by atoms with Gasteiger partial charge in [0.2, 0.25) is 0 Å². The Morgan fingerprint density at radius 3 is 0.747 bits per heavy atom. The number of hydrogen-bond donors (Lipinski definition) is 1. The first kappa shape index (κ1) is 97.8. The van der Waals surface area contributed by atoms with E-state index in [9.17, 15) is 19.0 Å². The van der Waals surface area contributed by atoms with Gasteiger partial charge in [-0.15, -0.1) is 0 Å². The molecule has 1 N–H and O–H groups in total. The van der Waals surface area contributed by atoms with Crippen LogP contribution in [0.3, 0.4) is 0 Å². The fourth-order valence-electron chi connectivity index (χ4n) is 14.2. The van der Waals surface area contributed by atoms with Crippen molar-refractivity contribution in [3.63, 3.8) is 0 Å². The molecular formula is C89H177NO8P+. The van der Waals surface area contributed by atoms with Crippen molar-refractivity contribution < 1.29 is 42.1 Å². The highest BCUT2D eigenvalue weighted by molar-refractivity contribution is 7.47. The number of phosphoric acid groups is 1. The molecule has 0 aromatic rings. The second-order valence-corrected chi connectivity index (χ2v) is 33.8. The number of likely N-dealkylation sites (N-methyl/N-ethyl adjacent to an activating group) is 1. The molecule has 0 aromatic carbocycles. The molecule has 0 aliphatic heterocycles. The molecule has 0 rings (SSSR count). The van der Waals surface area contributed by atoms with Crippen LogP contribution in [0.25, 0.3) is 0 Å². The van der Waals surface area contributed by atoms with Crippen LogP contribution < -0.4 is 0 Å². The minimum atomic E-state index is -4.39. The summed E-state index contributed by atoms with van der Waals surface area (Å²) in [5, 5.41) is 0. The van der Waals surface area contributed by atoms with Crippen molar-refractivity contribution in [2.75, 3.05) is 47.5 Å². The first-order valence-corrected chi connectivity index (χ1v) is 46.4. The maximum atomic E-state index is 12.9. The Kier molecular flexibility index (Phi) is 79.8. The number of carbonyl (C=O) groups excluding carboxylic acids is 2. The van der Waals surface area contributed by atoms with E-state index in [1.807, 2.05) is 21.1 Å². The second-order valence-electron chi connectivity index (χ2n) is 32.4. The summed E-state index contributed by atoms with van der Waals surface area (Å²) in [5.41, 5.74) is 0. The van der Waals surface area contributed by atoms with Gasteiger partial charge in [0, 0.05) is 12.8 Å². The lowest BCUT2D eigenvalue weighted by Gasteiger charge is -2.24. The number of rotatable bonds is 86. The molecule has 2 atom stereocenters. The largest absolute Gasteiger partial charge is 0.472 e. The minimum Gasteiger partial charge on any atom is -0.462 e. The van der Waals surface area contributed by atoms with E-state index in [0.29, 0.717) is 17.4 Å². The van der Waals surface area contributed by atoms with E-state index in [1.165, 1.54) is 430 Å². The number of allylic oxidation sites excluding steroid dienone is 2. The number of nitrogens with zero attached hydrogens (tertiary/aromatic N) is 1. The van der Waals surface area contributed by atoms with Crippen molar-refractivity contribution in [2.45, 2.75) is 502 Å². The molecule has 0 radical (unpaired) electrons. The Labute approximate surface area is 619 Å². The third-order valence-electron chi connectivity index (χ3n) is 21.0. The maximum Gasteiger partial charge on any atom is 0.472 e. The highest BCUT2D eigenvalue weighted by Crippen LogP contribution is 2.43. The summed E-state index contributed by atoms with van der Waals surface area (Å²) < 4.78 is 34.9. The molecule has 0 bridgehead atoms. The van der Waals surface area contributed by atoms with E-state index in [0.717, 1.165) is 38.5 Å². The van der Waals surface area contributed by atoms with Gasteiger partial charge < -0.3 is 18.9 Å². The first-order valence-electron chi connectivity index (χ1n) is 44.9. The summed E-state index contributed by atoms with van der Waals surface area (Å²) in [6.45, 7) is 4.54. The Morgan fingerprint density at radius 1 is 0.303 bits per heavy atom. The highest BCUT2D eigenvalue weighted by Gasteiger charge is 2.27. The van der Waals surface area contributed by atoms with Gasteiger partial charge in [-0.25, -0.2) is 4.57 Å². The molecule has 0 heterocycles. The molecule has 10 heteroatoms. The molecule has 99 heavy (non-hydrogen) atoms. The number of esters is 2. The maximum absolute atomic E-state index is 12.9. The first-order chi connectivity index (χ1) is 48.5. The summed E-state index contributed by atoms with van der Waals surface area (Å²) in [5.74, 6) is -0.763. The van der Waals surface area contributed by atoms with Gasteiger partial charge in [0.1, 0.15) is 19.8 Å². The van der Waals surface area contributed by atoms with Crippen LogP contribution in [0.15, 0.2) is 12.2 Å². The van der Waals surface area contributed by atoms with Crippen molar-refractivity contribution in [1.82, 2.24) is 0 Å². The van der Waals surface area contributed by atoms with Crippen LogP contribution in [0.4, 0.5) is 0 Å². The van der Waals surface area contributed by atoms with E-state index in [4.69, 9.17) is 18.5 Å². The summed E-state index contributed by atoms with van der Waals surface area (Å²) >= 11 is 0. The van der Waals surface area contributed by atoms with E-state index < -0.39 is 26.5 Å². The SMILES string of the molecule is CCCCCCCCCC/C=C\CCCCCCCCCCCCCCCCCCCCCCCCCCCCCCCC(=O)OC(COC(=O)CCCCCCCCCCCCCCCCCCCCCCCCCCCCCCCCCCCC)COP(=O)(O)OCC[N+](C)(C)C. The summed E-state index contributed by atoms with van der Waals surface area (Å²) in [6.07, 6.45) is 104. The molecule has 590 valence electrons. The molecule has 0 aliphatic rings. The predicted octanol–water partition coefficient (Wildman–Crippen LogP) is 30.1. The van der Waals surface area contributed by atoms with E-state index >= 15 is 0 Å². The molecule has 2 unspecified atom stereocenters. The van der Waals surface area contributed by atoms with Crippen LogP contribution in [0.2, 0.25) is 0 Å². The summed E-state index contributed by atoms with van der Waals surface area (Å²) in [6, 6.07) is 0. The lowest BCUT2D eigenvalue weighted by molar-refractivity contribution is -0.870. The van der Waals surface area contributed by atoms with Crippen molar-refractivity contribution >= 4 is 19.8 Å². The molecule has 9 nitrogen and oxygen atoms in total. The van der Waals surface area contributed by atoms with Gasteiger partial charge in [0.25, 0.3) is 0 Å². The molecule has 0 saturated carbocycles.